The summed E-state index contributed by atoms with van der Waals surface area (Å²) in [5.41, 5.74) is 2.70. The van der Waals surface area contributed by atoms with Crippen LogP contribution in [0.25, 0.3) is 0 Å². The van der Waals surface area contributed by atoms with E-state index in [0.717, 1.165) is 27.5 Å². The predicted molar refractivity (Wildman–Crippen MR) is 185 cm³/mol. The van der Waals surface area contributed by atoms with Crippen molar-refractivity contribution in [3.05, 3.63) is 142 Å². The van der Waals surface area contributed by atoms with E-state index in [4.69, 9.17) is 14.2 Å². The fourth-order valence-corrected chi connectivity index (χ4v) is 7.29. The first kappa shape index (κ1) is 34.3. The molecule has 1 amide bonds. The van der Waals surface area contributed by atoms with Gasteiger partial charge in [0.2, 0.25) is 5.91 Å². The van der Waals surface area contributed by atoms with Gasteiger partial charge < -0.3 is 19.1 Å². The zero-order valence-electron chi connectivity index (χ0n) is 27.1. The molecule has 48 heavy (non-hydrogen) atoms. The zero-order chi connectivity index (χ0) is 34.1. The number of esters is 1. The molecule has 0 radical (unpaired) electrons. The summed E-state index contributed by atoms with van der Waals surface area (Å²) in [6, 6.07) is 30.7. The molecule has 5 rings (SSSR count). The number of ether oxygens (including phenoxy) is 3. The van der Waals surface area contributed by atoms with Crippen molar-refractivity contribution in [2.75, 3.05) is 14.2 Å². The monoisotopic (exact) mass is 666 g/mol. The van der Waals surface area contributed by atoms with E-state index in [0.29, 0.717) is 24.8 Å². The van der Waals surface area contributed by atoms with E-state index in [1.165, 1.54) is 30.0 Å². The Morgan fingerprint density at radius 2 is 1.42 bits per heavy atom. The van der Waals surface area contributed by atoms with Gasteiger partial charge in [-0.2, -0.15) is 0 Å². The number of benzene rings is 4. The van der Waals surface area contributed by atoms with Gasteiger partial charge >= 0.3 is 5.97 Å². The molecule has 0 saturated carbocycles. The second-order valence-electron chi connectivity index (χ2n) is 11.5. The maximum Gasteiger partial charge on any atom is 0.330 e. The van der Waals surface area contributed by atoms with Crippen molar-refractivity contribution in [3.8, 4) is 11.5 Å². The van der Waals surface area contributed by atoms with Crippen molar-refractivity contribution in [2.45, 2.75) is 54.5 Å². The highest BCUT2D eigenvalue weighted by Crippen LogP contribution is 2.50. The van der Waals surface area contributed by atoms with Gasteiger partial charge in [-0.1, -0.05) is 55.5 Å². The van der Waals surface area contributed by atoms with Gasteiger partial charge in [-0.15, -0.1) is 11.8 Å². The average molecular weight is 667 g/mol. The maximum absolute atomic E-state index is 14.5. The molecule has 248 valence electrons. The molecule has 0 spiro atoms. The number of nitro benzene ring substituents is 1. The standard InChI is InChI=1S/C38H38N2O7S/c1-4-38(48-34-8-6-5-7-9-34)35(22-23-36(41)47-26-29-10-16-30(17-11-29)40(43)44)39(37(38)42)31(24-27-12-18-32(45-2)19-13-27)25-28-14-20-33(46-3)21-15-28/h5-23,31,35H,4,24-26H2,1-3H3/b23-22-. The summed E-state index contributed by atoms with van der Waals surface area (Å²) >= 11 is 1.52. The molecule has 2 unspecified atom stereocenters. The molecule has 0 aromatic heterocycles. The van der Waals surface area contributed by atoms with Crippen LogP contribution in [0.5, 0.6) is 11.5 Å². The van der Waals surface area contributed by atoms with E-state index in [-0.39, 0.29) is 24.2 Å². The predicted octanol–water partition coefficient (Wildman–Crippen LogP) is 7.22. The normalized spacial score (nSPS) is 17.3. The molecule has 0 bridgehead atoms. The van der Waals surface area contributed by atoms with Crippen LogP contribution in [0.15, 0.2) is 120 Å². The van der Waals surface area contributed by atoms with Gasteiger partial charge in [0.1, 0.15) is 22.9 Å². The summed E-state index contributed by atoms with van der Waals surface area (Å²) in [6.45, 7) is 1.96. The summed E-state index contributed by atoms with van der Waals surface area (Å²) in [5.74, 6) is 0.953. The number of hydrogen-bond acceptors (Lipinski definition) is 8. The number of non-ortho nitro benzene ring substituents is 1. The van der Waals surface area contributed by atoms with Crippen LogP contribution in [0.4, 0.5) is 5.69 Å². The zero-order valence-corrected chi connectivity index (χ0v) is 27.9. The Balaban J connectivity index is 1.44. The fraction of sp³-hybridized carbons (Fsp3) is 0.263. The van der Waals surface area contributed by atoms with Crippen molar-refractivity contribution in [2.24, 2.45) is 0 Å². The smallest absolute Gasteiger partial charge is 0.330 e. The Hall–Kier alpha value is -5.09. The highest BCUT2D eigenvalue weighted by Gasteiger charge is 2.60. The van der Waals surface area contributed by atoms with Crippen LogP contribution in [0.2, 0.25) is 0 Å². The second kappa shape index (κ2) is 15.7. The number of nitro groups is 1. The van der Waals surface area contributed by atoms with Gasteiger partial charge in [0, 0.05) is 29.1 Å². The SMILES string of the molecule is CCC1(Sc2ccccc2)C(=O)N(C(Cc2ccc(OC)cc2)Cc2ccc(OC)cc2)C1/C=C\C(=O)OCc1ccc([N+](=O)[O-])cc1. The highest BCUT2D eigenvalue weighted by atomic mass is 32.2. The van der Waals surface area contributed by atoms with Crippen LogP contribution in [0, 0.1) is 10.1 Å². The molecule has 1 heterocycles. The van der Waals surface area contributed by atoms with E-state index in [1.807, 2.05) is 90.7 Å². The molecule has 10 heteroatoms. The van der Waals surface area contributed by atoms with Crippen molar-refractivity contribution in [1.29, 1.82) is 0 Å². The molecular weight excluding hydrogens is 628 g/mol. The molecule has 1 saturated heterocycles. The number of carbonyl (C=O) groups is 2. The highest BCUT2D eigenvalue weighted by molar-refractivity contribution is 8.01. The molecule has 2 atom stereocenters. The van der Waals surface area contributed by atoms with Crippen LogP contribution in [0.1, 0.15) is 30.0 Å². The van der Waals surface area contributed by atoms with Crippen LogP contribution < -0.4 is 9.47 Å². The van der Waals surface area contributed by atoms with Crippen molar-refractivity contribution in [3.63, 3.8) is 0 Å². The Morgan fingerprint density at radius 3 is 1.92 bits per heavy atom. The molecule has 1 aliphatic heterocycles. The van der Waals surface area contributed by atoms with Crippen LogP contribution >= 0.6 is 11.8 Å². The number of carbonyl (C=O) groups excluding carboxylic acids is 2. The minimum absolute atomic E-state index is 0.0137. The lowest BCUT2D eigenvalue weighted by molar-refractivity contribution is -0.384. The number of nitrogens with zero attached hydrogens (tertiary/aromatic N) is 2. The second-order valence-corrected chi connectivity index (χ2v) is 12.9. The number of thioether (sulfide) groups is 1. The molecule has 1 aliphatic rings. The third-order valence-electron chi connectivity index (χ3n) is 8.54. The number of β-lactam (4-membered cyclic amide) rings is 1. The van der Waals surface area contributed by atoms with Crippen molar-refractivity contribution < 1.29 is 28.7 Å². The van der Waals surface area contributed by atoms with E-state index in [9.17, 15) is 19.7 Å². The number of rotatable bonds is 15. The lowest BCUT2D eigenvalue weighted by Crippen LogP contribution is -2.74. The number of likely N-dealkylation sites (tertiary alicyclic amines) is 1. The molecule has 1 fully saturated rings. The summed E-state index contributed by atoms with van der Waals surface area (Å²) < 4.78 is 15.4. The third kappa shape index (κ3) is 7.88. The quantitative estimate of drug-likeness (QED) is 0.0431. The van der Waals surface area contributed by atoms with Crippen molar-refractivity contribution in [1.82, 2.24) is 4.90 Å². The van der Waals surface area contributed by atoms with Crippen LogP contribution in [-0.4, -0.2) is 52.8 Å². The number of hydrogen-bond donors (Lipinski definition) is 0. The van der Waals surface area contributed by atoms with Gasteiger partial charge in [-0.05, 0) is 84.5 Å². The molecule has 0 aliphatic carbocycles. The summed E-state index contributed by atoms with van der Waals surface area (Å²) in [4.78, 5) is 40.8. The van der Waals surface area contributed by atoms with Gasteiger partial charge in [0.15, 0.2) is 0 Å². The van der Waals surface area contributed by atoms with Crippen molar-refractivity contribution >= 4 is 29.3 Å². The van der Waals surface area contributed by atoms with E-state index in [1.54, 1.807) is 32.4 Å². The topological polar surface area (TPSA) is 108 Å². The molecule has 9 nitrogen and oxygen atoms in total. The average Bonchev–Trinajstić information content (AvgIpc) is 3.12. The fourth-order valence-electron chi connectivity index (χ4n) is 5.93. The first-order valence-corrected chi connectivity index (χ1v) is 16.5. The number of methoxy groups -OCH3 is 2. The first-order chi connectivity index (χ1) is 23.3. The van der Waals surface area contributed by atoms with E-state index < -0.39 is 21.7 Å². The lowest BCUT2D eigenvalue weighted by Gasteiger charge is -2.57. The van der Waals surface area contributed by atoms with Gasteiger partial charge in [-0.25, -0.2) is 4.79 Å². The first-order valence-electron chi connectivity index (χ1n) is 15.7. The van der Waals surface area contributed by atoms with Gasteiger partial charge in [0.25, 0.3) is 5.69 Å². The Kier molecular flexibility index (Phi) is 11.2. The molecular formula is C38H38N2O7S. The van der Waals surface area contributed by atoms with Gasteiger partial charge in [-0.3, -0.25) is 14.9 Å². The minimum atomic E-state index is -0.825. The van der Waals surface area contributed by atoms with Gasteiger partial charge in [0.05, 0.1) is 25.2 Å². The van der Waals surface area contributed by atoms with Crippen LogP contribution in [0.3, 0.4) is 0 Å². The molecule has 4 aromatic carbocycles. The summed E-state index contributed by atoms with van der Waals surface area (Å²) in [7, 11) is 3.26. The Bertz CT molecular complexity index is 1680. The number of amides is 1. The maximum atomic E-state index is 14.5. The largest absolute Gasteiger partial charge is 0.497 e. The summed E-state index contributed by atoms with van der Waals surface area (Å²) in [5, 5.41) is 11.0. The van der Waals surface area contributed by atoms with E-state index in [2.05, 4.69) is 0 Å². The summed E-state index contributed by atoms with van der Waals surface area (Å²) in [6.07, 6.45) is 4.91. The Labute approximate surface area is 284 Å². The molecule has 4 aromatic rings. The van der Waals surface area contributed by atoms with E-state index >= 15 is 0 Å². The third-order valence-corrected chi connectivity index (χ3v) is 10.1. The minimum Gasteiger partial charge on any atom is -0.497 e. The van der Waals surface area contributed by atoms with Crippen LogP contribution in [-0.2, 0) is 33.8 Å². The Morgan fingerprint density at radius 1 is 0.875 bits per heavy atom. The molecule has 0 N–H and O–H groups in total. The lowest BCUT2D eigenvalue weighted by atomic mass is 9.80.